The van der Waals surface area contributed by atoms with E-state index in [9.17, 15) is 4.79 Å². The molecule has 0 bridgehead atoms. The summed E-state index contributed by atoms with van der Waals surface area (Å²) in [6.07, 6.45) is 0.836. The highest BCUT2D eigenvalue weighted by molar-refractivity contribution is 7.80. The van der Waals surface area contributed by atoms with Crippen molar-refractivity contribution in [2.45, 2.75) is 26.4 Å². The summed E-state index contributed by atoms with van der Waals surface area (Å²) >= 11 is 5.72. The number of aromatic nitrogens is 1. The van der Waals surface area contributed by atoms with Crippen LogP contribution in [0.1, 0.15) is 24.5 Å². The van der Waals surface area contributed by atoms with E-state index in [2.05, 4.69) is 10.3 Å². The van der Waals surface area contributed by atoms with Gasteiger partial charge in [0.05, 0.1) is 13.7 Å². The first kappa shape index (κ1) is 23.8. The zero-order chi connectivity index (χ0) is 23.9. The summed E-state index contributed by atoms with van der Waals surface area (Å²) in [5, 5.41) is 4.76. The molecule has 8 nitrogen and oxygen atoms in total. The second-order valence-corrected chi connectivity index (χ2v) is 8.29. The van der Waals surface area contributed by atoms with Crippen LogP contribution in [0.2, 0.25) is 0 Å². The van der Waals surface area contributed by atoms with Gasteiger partial charge in [-0.1, -0.05) is 6.07 Å². The molecule has 0 unspecified atom stereocenters. The van der Waals surface area contributed by atoms with Gasteiger partial charge in [-0.2, -0.15) is 0 Å². The molecule has 0 atom stereocenters. The predicted molar refractivity (Wildman–Crippen MR) is 135 cm³/mol. The number of aromatic amines is 1. The summed E-state index contributed by atoms with van der Waals surface area (Å²) in [5.74, 6) is 2.17. The number of pyridine rings is 1. The van der Waals surface area contributed by atoms with Crippen LogP contribution in [0.4, 0.5) is 0 Å². The number of H-pyrrole nitrogens is 1. The molecule has 0 amide bonds. The van der Waals surface area contributed by atoms with Gasteiger partial charge in [-0.25, -0.2) is 0 Å². The Morgan fingerprint density at radius 3 is 2.82 bits per heavy atom. The molecule has 2 aromatic carbocycles. The van der Waals surface area contributed by atoms with E-state index in [4.69, 9.17) is 31.2 Å². The van der Waals surface area contributed by atoms with Gasteiger partial charge in [0.2, 0.25) is 6.79 Å². The first-order valence-electron chi connectivity index (χ1n) is 11.3. The number of hydrogen-bond acceptors (Lipinski definition) is 6. The third-order valence-electron chi connectivity index (χ3n) is 5.53. The van der Waals surface area contributed by atoms with Crippen LogP contribution in [0.3, 0.4) is 0 Å². The SMILES string of the molecule is CCOCCCNC(=S)N(Cc1ccc2c(c1)OCO2)Cc1cc2cc(OC)ccc2[nH]c1=O. The lowest BCUT2D eigenvalue weighted by Gasteiger charge is -2.26. The molecule has 2 heterocycles. The van der Waals surface area contributed by atoms with Gasteiger partial charge in [-0.3, -0.25) is 4.79 Å². The van der Waals surface area contributed by atoms with Gasteiger partial charge in [0, 0.05) is 42.8 Å². The smallest absolute Gasteiger partial charge is 0.253 e. The largest absolute Gasteiger partial charge is 0.497 e. The number of nitrogens with zero attached hydrogens (tertiary/aromatic N) is 1. The fraction of sp³-hybridized carbons (Fsp3) is 0.360. The number of rotatable bonds is 10. The van der Waals surface area contributed by atoms with Crippen molar-refractivity contribution in [3.05, 3.63) is 63.9 Å². The molecule has 1 aliphatic rings. The van der Waals surface area contributed by atoms with Crippen LogP contribution < -0.4 is 25.1 Å². The normalized spacial score (nSPS) is 12.1. The van der Waals surface area contributed by atoms with Gasteiger partial charge in [0.1, 0.15) is 5.75 Å². The van der Waals surface area contributed by atoms with Crippen molar-refractivity contribution in [1.29, 1.82) is 0 Å². The molecule has 0 aliphatic carbocycles. The van der Waals surface area contributed by atoms with Gasteiger partial charge >= 0.3 is 0 Å². The quantitative estimate of drug-likeness (QED) is 0.335. The summed E-state index contributed by atoms with van der Waals surface area (Å²) in [7, 11) is 1.62. The molecular formula is C25H29N3O5S. The first-order chi connectivity index (χ1) is 16.6. The van der Waals surface area contributed by atoms with Crippen molar-refractivity contribution in [3.8, 4) is 17.2 Å². The second-order valence-electron chi connectivity index (χ2n) is 7.90. The zero-order valence-corrected chi connectivity index (χ0v) is 20.2. The molecule has 34 heavy (non-hydrogen) atoms. The molecule has 0 saturated carbocycles. The number of nitrogens with one attached hydrogen (secondary N) is 2. The minimum Gasteiger partial charge on any atom is -0.497 e. The molecule has 1 aliphatic heterocycles. The molecular weight excluding hydrogens is 454 g/mol. The zero-order valence-electron chi connectivity index (χ0n) is 19.4. The monoisotopic (exact) mass is 483 g/mol. The lowest BCUT2D eigenvalue weighted by atomic mass is 10.1. The average molecular weight is 484 g/mol. The summed E-state index contributed by atoms with van der Waals surface area (Å²) in [5.41, 5.74) is 2.22. The molecule has 3 aromatic rings. The van der Waals surface area contributed by atoms with E-state index in [0.717, 1.165) is 34.4 Å². The van der Waals surface area contributed by atoms with Gasteiger partial charge in [-0.05, 0) is 67.5 Å². The topological polar surface area (TPSA) is 85.1 Å². The van der Waals surface area contributed by atoms with Crippen LogP contribution in [0.5, 0.6) is 17.2 Å². The number of hydrogen-bond donors (Lipinski definition) is 2. The van der Waals surface area contributed by atoms with Crippen LogP contribution in [-0.4, -0.2) is 48.7 Å². The van der Waals surface area contributed by atoms with Crippen LogP contribution in [-0.2, 0) is 17.8 Å². The molecule has 0 fully saturated rings. The maximum Gasteiger partial charge on any atom is 0.253 e. The molecule has 0 saturated heterocycles. The fourth-order valence-electron chi connectivity index (χ4n) is 3.76. The average Bonchev–Trinajstić information content (AvgIpc) is 3.31. The van der Waals surface area contributed by atoms with E-state index in [0.29, 0.717) is 49.3 Å². The van der Waals surface area contributed by atoms with Crippen molar-refractivity contribution in [2.75, 3.05) is 33.7 Å². The highest BCUT2D eigenvalue weighted by atomic mass is 32.1. The molecule has 0 spiro atoms. The Kier molecular flexibility index (Phi) is 7.87. The highest BCUT2D eigenvalue weighted by Crippen LogP contribution is 2.33. The molecule has 9 heteroatoms. The third kappa shape index (κ3) is 5.78. The van der Waals surface area contributed by atoms with E-state index < -0.39 is 0 Å². The van der Waals surface area contributed by atoms with Gasteiger partial charge in [0.15, 0.2) is 16.6 Å². The van der Waals surface area contributed by atoms with Crippen LogP contribution in [0.25, 0.3) is 10.9 Å². The lowest BCUT2D eigenvalue weighted by molar-refractivity contribution is 0.145. The van der Waals surface area contributed by atoms with Crippen LogP contribution in [0, 0.1) is 0 Å². The Morgan fingerprint density at radius 2 is 2.00 bits per heavy atom. The summed E-state index contributed by atoms with van der Waals surface area (Å²) in [4.78, 5) is 17.8. The van der Waals surface area contributed by atoms with Gasteiger partial charge < -0.3 is 34.1 Å². The van der Waals surface area contributed by atoms with E-state index in [1.807, 2.05) is 54.3 Å². The summed E-state index contributed by atoms with van der Waals surface area (Å²) in [6, 6.07) is 13.3. The van der Waals surface area contributed by atoms with E-state index in [1.165, 1.54) is 0 Å². The molecule has 0 radical (unpaired) electrons. The van der Waals surface area contributed by atoms with Crippen molar-refractivity contribution < 1.29 is 18.9 Å². The number of thiocarbonyl (C=S) groups is 1. The van der Waals surface area contributed by atoms with Crippen molar-refractivity contribution >= 4 is 28.2 Å². The van der Waals surface area contributed by atoms with E-state index in [1.54, 1.807) is 7.11 Å². The second kappa shape index (κ2) is 11.2. The first-order valence-corrected chi connectivity index (χ1v) is 11.7. The maximum absolute atomic E-state index is 12.9. The van der Waals surface area contributed by atoms with Crippen molar-refractivity contribution in [2.24, 2.45) is 0 Å². The minimum absolute atomic E-state index is 0.146. The highest BCUT2D eigenvalue weighted by Gasteiger charge is 2.17. The molecule has 180 valence electrons. The standard InChI is InChI=1S/C25H29N3O5S/c1-3-31-10-4-9-26-25(34)28(14-17-5-8-22-23(11-17)33-16-32-22)15-19-12-18-13-20(30-2)6-7-21(18)27-24(19)29/h5-8,11-13H,3-4,9-10,14-16H2,1-2H3,(H,26,34)(H,27,29). The lowest BCUT2D eigenvalue weighted by Crippen LogP contribution is -2.40. The number of methoxy groups -OCH3 is 1. The number of fused-ring (bicyclic) bond motifs is 2. The van der Waals surface area contributed by atoms with E-state index in [-0.39, 0.29) is 12.4 Å². The Bertz CT molecular complexity index is 1210. The Hall–Kier alpha value is -3.30. The van der Waals surface area contributed by atoms with Crippen LogP contribution in [0.15, 0.2) is 47.3 Å². The fourth-order valence-corrected chi connectivity index (χ4v) is 4.00. The number of ether oxygens (including phenoxy) is 4. The Labute approximate surface area is 203 Å². The Morgan fingerprint density at radius 1 is 1.15 bits per heavy atom. The summed E-state index contributed by atoms with van der Waals surface area (Å²) in [6.45, 7) is 5.08. The van der Waals surface area contributed by atoms with Gasteiger partial charge in [0.25, 0.3) is 5.56 Å². The third-order valence-corrected chi connectivity index (χ3v) is 5.94. The Balaban J connectivity index is 1.56. The summed E-state index contributed by atoms with van der Waals surface area (Å²) < 4.78 is 21.7. The molecule has 2 N–H and O–H groups in total. The van der Waals surface area contributed by atoms with E-state index >= 15 is 0 Å². The maximum atomic E-state index is 12.9. The predicted octanol–water partition coefficient (Wildman–Crippen LogP) is 3.57. The van der Waals surface area contributed by atoms with Crippen LogP contribution >= 0.6 is 12.2 Å². The number of benzene rings is 2. The van der Waals surface area contributed by atoms with Crippen molar-refractivity contribution in [1.82, 2.24) is 15.2 Å². The van der Waals surface area contributed by atoms with Crippen molar-refractivity contribution in [3.63, 3.8) is 0 Å². The molecule has 1 aromatic heterocycles. The minimum atomic E-state index is -0.146. The molecule has 4 rings (SSSR count). The van der Waals surface area contributed by atoms with Gasteiger partial charge in [-0.15, -0.1) is 0 Å².